The topological polar surface area (TPSA) is 175 Å². The van der Waals surface area contributed by atoms with E-state index in [1.54, 1.807) is 30.1 Å². The van der Waals surface area contributed by atoms with Crippen LogP contribution in [0.2, 0.25) is 10.0 Å². The third-order valence-electron chi connectivity index (χ3n) is 19.9. The van der Waals surface area contributed by atoms with E-state index in [4.69, 9.17) is 42.1 Å². The number of likely N-dealkylation sites (tertiary alicyclic amines) is 2. The molecule has 4 aliphatic rings. The van der Waals surface area contributed by atoms with E-state index in [0.717, 1.165) is 80.5 Å². The van der Waals surface area contributed by atoms with Crippen LogP contribution in [0.1, 0.15) is 114 Å². The second-order valence-electron chi connectivity index (χ2n) is 26.7. The summed E-state index contributed by atoms with van der Waals surface area (Å²) in [5.41, 5.74) is 1.58. The molecule has 5 amide bonds. The van der Waals surface area contributed by atoms with E-state index in [0.29, 0.717) is 107 Å². The first-order valence-electron chi connectivity index (χ1n) is 34.6. The SMILES string of the molecule is CN(CCN1CCC(OC(=O)Nc2ccccc2-c2ccccc2)CC1)C(=O)CCCCCNCc1ccc(NC(=O)OCCCCN(C)C(=O)CO[C@H]2Cc3ccccc3C23CCN(CC[C@]2(c4ccc(Cl)c(Cl)c4)CN(C(=O)c4cc(C(F)(F)F)cc(C(F)(F)F)c4)CCO2)CC3)cc1.Cl.Cl.Cl. The van der Waals surface area contributed by atoms with Gasteiger partial charge in [-0.3, -0.25) is 25.0 Å². The number of rotatable bonds is 28. The number of carbonyl (C=O) groups excluding carboxylic acids is 5. The first-order valence-corrected chi connectivity index (χ1v) is 35.4. The first kappa shape index (κ1) is 84.4. The van der Waals surface area contributed by atoms with E-state index in [-0.39, 0.29) is 117 Å². The van der Waals surface area contributed by atoms with Gasteiger partial charge in [-0.05, 0) is 160 Å². The van der Waals surface area contributed by atoms with Crippen molar-refractivity contribution < 1.29 is 69.3 Å². The predicted molar refractivity (Wildman–Crippen MR) is 398 cm³/mol. The van der Waals surface area contributed by atoms with Crippen LogP contribution in [0.25, 0.3) is 11.1 Å². The summed E-state index contributed by atoms with van der Waals surface area (Å²) in [5.74, 6) is -1.06. The van der Waals surface area contributed by atoms with Crippen LogP contribution in [0.15, 0.2) is 140 Å². The molecule has 3 fully saturated rings. The van der Waals surface area contributed by atoms with Crippen molar-refractivity contribution in [2.24, 2.45) is 0 Å². The average Bonchev–Trinajstić information content (AvgIpc) is 1.56. The summed E-state index contributed by atoms with van der Waals surface area (Å²) in [6.45, 7) is 6.22. The molecular formula is C76H91Cl5F6N8O9. The quantitative estimate of drug-likeness (QED) is 0.0314. The van der Waals surface area contributed by atoms with Crippen molar-refractivity contribution in [1.29, 1.82) is 0 Å². The molecule has 0 saturated carbocycles. The summed E-state index contributed by atoms with van der Waals surface area (Å²) >= 11 is 12.8. The van der Waals surface area contributed by atoms with Gasteiger partial charge in [-0.25, -0.2) is 9.59 Å². The van der Waals surface area contributed by atoms with Crippen LogP contribution in [-0.4, -0.2) is 173 Å². The zero-order chi connectivity index (χ0) is 71.7. The summed E-state index contributed by atoms with van der Waals surface area (Å²) in [6.07, 6.45) is -3.76. The molecule has 566 valence electrons. The van der Waals surface area contributed by atoms with Gasteiger partial charge in [-0.2, -0.15) is 26.3 Å². The maximum Gasteiger partial charge on any atom is 0.416 e. The van der Waals surface area contributed by atoms with E-state index in [2.05, 4.69) is 37.9 Å². The van der Waals surface area contributed by atoms with Crippen LogP contribution >= 0.6 is 60.4 Å². The number of nitrogens with zero attached hydrogens (tertiary/aromatic N) is 5. The fourth-order valence-electron chi connectivity index (χ4n) is 14.0. The Morgan fingerprint density at radius 2 is 1.32 bits per heavy atom. The van der Waals surface area contributed by atoms with Gasteiger partial charge >= 0.3 is 24.5 Å². The molecule has 0 unspecified atom stereocenters. The van der Waals surface area contributed by atoms with Gasteiger partial charge in [0.2, 0.25) is 11.8 Å². The van der Waals surface area contributed by atoms with Crippen molar-refractivity contribution in [3.63, 3.8) is 0 Å². The fourth-order valence-corrected chi connectivity index (χ4v) is 14.3. The number of carbonyl (C=O) groups is 5. The van der Waals surface area contributed by atoms with Crippen LogP contribution in [0, 0.1) is 0 Å². The second kappa shape index (κ2) is 39.1. The van der Waals surface area contributed by atoms with Crippen molar-refractivity contribution in [1.82, 2.24) is 29.8 Å². The van der Waals surface area contributed by atoms with Gasteiger partial charge in [0.25, 0.3) is 5.91 Å². The Morgan fingerprint density at radius 3 is 2.02 bits per heavy atom. The third-order valence-corrected chi connectivity index (χ3v) is 20.6. The monoisotopic (exact) mass is 1550 g/mol. The maximum atomic E-state index is 14.0. The minimum absolute atomic E-state index is 0. The molecule has 3 N–H and O–H groups in total. The predicted octanol–water partition coefficient (Wildman–Crippen LogP) is 16.0. The molecule has 6 aromatic carbocycles. The normalized spacial score (nSPS) is 17.5. The number of unbranched alkanes of at least 4 members (excludes halogenated alkanes) is 3. The molecule has 2 atom stereocenters. The standard InChI is InChI=1S/C76H88Cl2F6N8O9.3ClH/c1-88(34-13-14-43-98-71(96)86-60-25-22-53(23-26-60)50-85-33-12-4-7-21-68(93)89(2)40-41-90-35-28-61(29-36-90)101-72(97)87-66-20-11-9-18-62(66)54-15-5-3-6-16-54)69(94)51-99-67-47-55-17-8-10-19-63(55)73(67)30-37-91(38-31-73)39-32-74(57-24-27-64(77)65(78)49-57)52-92(42-44-100-74)70(95)56-45-58(75(79,80)81)48-59(46-56)76(82,83)84;;;/h3,5-6,8-11,15-20,22-27,45-46,48-49,61,67,85H,4,7,12-14,21,28-44,47,50-52H2,1-2H3,(H,86,96)(H,87,97);3*1H/t67-,74+;;;/m0.../s1. The fraction of sp³-hybridized carbons (Fsp3) is 0.461. The zero-order valence-corrected chi connectivity index (χ0v) is 62.1. The maximum absolute atomic E-state index is 14.0. The van der Waals surface area contributed by atoms with Crippen molar-refractivity contribution in [3.8, 4) is 11.1 Å². The second-order valence-corrected chi connectivity index (χ2v) is 27.5. The van der Waals surface area contributed by atoms with E-state index < -0.39 is 58.2 Å². The van der Waals surface area contributed by atoms with Gasteiger partial charge in [0, 0.05) is 95.1 Å². The number of piperidine rings is 2. The molecule has 28 heteroatoms. The molecule has 1 spiro atoms. The van der Waals surface area contributed by atoms with E-state index in [1.165, 1.54) is 10.5 Å². The Hall–Kier alpha value is -6.90. The minimum Gasteiger partial charge on any atom is -0.449 e. The van der Waals surface area contributed by atoms with Crippen LogP contribution in [0.4, 0.5) is 47.3 Å². The van der Waals surface area contributed by atoms with Gasteiger partial charge in [-0.1, -0.05) is 121 Å². The molecule has 3 aliphatic heterocycles. The van der Waals surface area contributed by atoms with Gasteiger partial charge in [-0.15, -0.1) is 37.2 Å². The van der Waals surface area contributed by atoms with E-state index in [1.807, 2.05) is 103 Å². The van der Waals surface area contributed by atoms with Crippen molar-refractivity contribution >= 4 is 102 Å². The van der Waals surface area contributed by atoms with Crippen LogP contribution < -0.4 is 16.0 Å². The molecule has 104 heavy (non-hydrogen) atoms. The number of ether oxygens (including phenoxy) is 4. The Bertz CT molecular complexity index is 3770. The summed E-state index contributed by atoms with van der Waals surface area (Å²) in [4.78, 5) is 75.3. The largest absolute Gasteiger partial charge is 0.449 e. The summed E-state index contributed by atoms with van der Waals surface area (Å²) in [7, 11) is 3.58. The molecule has 17 nitrogen and oxygen atoms in total. The molecule has 1 aliphatic carbocycles. The molecule has 3 saturated heterocycles. The number of likely N-dealkylation sites (N-methyl/N-ethyl adjacent to an activating group) is 2. The molecule has 0 aromatic heterocycles. The molecular weight excluding hydrogens is 1460 g/mol. The highest BCUT2D eigenvalue weighted by Crippen LogP contribution is 2.49. The molecule has 0 bridgehead atoms. The number of hydrogen-bond donors (Lipinski definition) is 3. The van der Waals surface area contributed by atoms with Gasteiger partial charge in [0.05, 0.1) is 52.7 Å². The summed E-state index contributed by atoms with van der Waals surface area (Å²) in [5, 5.41) is 9.62. The van der Waals surface area contributed by atoms with Crippen LogP contribution in [0.3, 0.4) is 0 Å². The number of nitrogens with one attached hydrogen (secondary N) is 3. The lowest BCUT2D eigenvalue weighted by Gasteiger charge is -2.46. The van der Waals surface area contributed by atoms with Crippen LogP contribution in [0.5, 0.6) is 0 Å². The number of halogens is 11. The Labute approximate surface area is 632 Å². The number of alkyl halides is 6. The number of anilines is 2. The van der Waals surface area contributed by atoms with E-state index >= 15 is 0 Å². The lowest BCUT2D eigenvalue weighted by atomic mass is 9.72. The number of fused-ring (bicyclic) bond motifs is 2. The molecule has 6 aromatic rings. The number of hydrogen-bond acceptors (Lipinski definition) is 12. The smallest absolute Gasteiger partial charge is 0.416 e. The van der Waals surface area contributed by atoms with Gasteiger partial charge in [0.1, 0.15) is 18.3 Å². The molecule has 3 heterocycles. The van der Waals surface area contributed by atoms with Crippen molar-refractivity contribution in [2.45, 2.75) is 119 Å². The molecule has 0 radical (unpaired) electrons. The minimum atomic E-state index is -5.14. The number of para-hydroxylation sites is 1. The Morgan fingerprint density at radius 1 is 0.654 bits per heavy atom. The zero-order valence-electron chi connectivity index (χ0n) is 58.2. The average molecular weight is 1550 g/mol. The van der Waals surface area contributed by atoms with Gasteiger partial charge in [0.15, 0.2) is 0 Å². The third kappa shape index (κ3) is 22.8. The number of morpholine rings is 1. The van der Waals surface area contributed by atoms with Crippen LogP contribution in [-0.2, 0) is 64.9 Å². The number of benzene rings is 6. The highest BCUT2D eigenvalue weighted by atomic mass is 35.5. The Balaban J connectivity index is 0.00000504. The van der Waals surface area contributed by atoms with Gasteiger partial charge < -0.3 is 48.8 Å². The summed E-state index contributed by atoms with van der Waals surface area (Å²) in [6, 6.07) is 39.0. The number of amides is 5. The van der Waals surface area contributed by atoms with Crippen molar-refractivity contribution in [3.05, 3.63) is 189 Å². The lowest BCUT2D eigenvalue weighted by Crippen LogP contribution is -2.54. The van der Waals surface area contributed by atoms with E-state index in [9.17, 15) is 50.3 Å². The summed E-state index contributed by atoms with van der Waals surface area (Å²) < 4.78 is 108. The highest BCUT2D eigenvalue weighted by molar-refractivity contribution is 6.42. The van der Waals surface area contributed by atoms with Crippen molar-refractivity contribution in [2.75, 3.05) is 117 Å². The Kier molecular flexibility index (Phi) is 31.7. The highest BCUT2D eigenvalue weighted by Gasteiger charge is 2.50. The first-order chi connectivity index (χ1) is 48.4. The molecule has 10 rings (SSSR count). The lowest BCUT2D eigenvalue weighted by molar-refractivity contribution is -0.143.